The second-order valence-corrected chi connectivity index (χ2v) is 8.01. The first-order valence-electron chi connectivity index (χ1n) is 10.7. The lowest BCUT2D eigenvalue weighted by molar-refractivity contribution is 0.628. The third kappa shape index (κ3) is 3.81. The van der Waals surface area contributed by atoms with E-state index >= 15 is 0 Å². The lowest BCUT2D eigenvalue weighted by Crippen LogP contribution is -2.22. The smallest absolute Gasteiger partial charge is 0.123 e. The molecule has 0 saturated heterocycles. The van der Waals surface area contributed by atoms with E-state index in [-0.39, 0.29) is 5.82 Å². The highest BCUT2D eigenvalue weighted by molar-refractivity contribution is 5.97. The van der Waals surface area contributed by atoms with Crippen LogP contribution in [0.1, 0.15) is 13.3 Å². The maximum atomic E-state index is 13.8. The van der Waals surface area contributed by atoms with E-state index in [2.05, 4.69) is 51.1 Å². The molecular weight excluding hydrogens is 401 g/mol. The summed E-state index contributed by atoms with van der Waals surface area (Å²) in [5.74, 6) is -0.272. The second kappa shape index (κ2) is 8.40. The van der Waals surface area contributed by atoms with Crippen LogP contribution in [-0.2, 0) is 0 Å². The quantitative estimate of drug-likeness (QED) is 0.466. The Balaban J connectivity index is 1.53. The molecule has 0 amide bonds. The van der Waals surface area contributed by atoms with Crippen molar-refractivity contribution in [2.75, 3.05) is 13.1 Å². The van der Waals surface area contributed by atoms with Crippen LogP contribution in [0.25, 0.3) is 46.1 Å². The molecule has 3 N–H and O–H groups in total. The van der Waals surface area contributed by atoms with Gasteiger partial charge in [-0.3, -0.25) is 10.1 Å². The summed E-state index contributed by atoms with van der Waals surface area (Å²) in [6.07, 6.45) is 10.9. The van der Waals surface area contributed by atoms with Crippen LogP contribution >= 0.6 is 0 Å². The normalized spacial score (nSPS) is 15.4. The van der Waals surface area contributed by atoms with Gasteiger partial charge in [-0.2, -0.15) is 5.10 Å². The van der Waals surface area contributed by atoms with Crippen molar-refractivity contribution < 1.29 is 4.39 Å². The van der Waals surface area contributed by atoms with Crippen molar-refractivity contribution in [3.05, 3.63) is 82.4 Å². The topological polar surface area (TPSA) is 69.4 Å². The molecule has 4 aromatic rings. The molecule has 0 unspecified atom stereocenters. The molecule has 0 radical (unpaired) electrons. The number of allylic oxidation sites excluding steroid dienone is 2. The maximum absolute atomic E-state index is 13.8. The summed E-state index contributed by atoms with van der Waals surface area (Å²) in [6, 6.07) is 8.56. The molecule has 5 nitrogen and oxygen atoms in total. The van der Waals surface area contributed by atoms with Crippen LogP contribution in [-0.4, -0.2) is 33.3 Å². The Labute approximate surface area is 185 Å². The number of aromatic amines is 2. The number of fused-ring (bicyclic) bond motifs is 1. The van der Waals surface area contributed by atoms with E-state index in [1.54, 1.807) is 18.5 Å². The molecule has 32 heavy (non-hydrogen) atoms. The van der Waals surface area contributed by atoms with Gasteiger partial charge in [-0.05, 0) is 60.9 Å². The Kier molecular flexibility index (Phi) is 5.29. The third-order valence-electron chi connectivity index (χ3n) is 5.91. The molecule has 1 aliphatic rings. The van der Waals surface area contributed by atoms with Crippen LogP contribution in [0.4, 0.5) is 4.39 Å². The maximum Gasteiger partial charge on any atom is 0.123 e. The SMILES string of the molecule is C=c1c(-c2cc3c(-c4cccc(F)c4)cncc3[nH]2)n[nH]/c1=C/C=C(\C)C1=CCNCC1. The van der Waals surface area contributed by atoms with Crippen molar-refractivity contribution in [3.63, 3.8) is 0 Å². The van der Waals surface area contributed by atoms with E-state index in [0.29, 0.717) is 0 Å². The zero-order valence-corrected chi connectivity index (χ0v) is 17.9. The highest BCUT2D eigenvalue weighted by Crippen LogP contribution is 2.30. The van der Waals surface area contributed by atoms with Crippen molar-refractivity contribution in [2.45, 2.75) is 13.3 Å². The van der Waals surface area contributed by atoms with Crippen LogP contribution < -0.4 is 15.9 Å². The number of pyridine rings is 1. The minimum Gasteiger partial charge on any atom is -0.352 e. The fraction of sp³-hybridized carbons (Fsp3) is 0.154. The fourth-order valence-corrected chi connectivity index (χ4v) is 4.10. The van der Waals surface area contributed by atoms with E-state index in [4.69, 9.17) is 0 Å². The van der Waals surface area contributed by atoms with Gasteiger partial charge in [0.1, 0.15) is 11.5 Å². The molecule has 1 aromatic carbocycles. The van der Waals surface area contributed by atoms with E-state index < -0.39 is 0 Å². The lowest BCUT2D eigenvalue weighted by Gasteiger charge is -2.13. The summed E-state index contributed by atoms with van der Waals surface area (Å²) < 4.78 is 13.8. The highest BCUT2D eigenvalue weighted by Gasteiger charge is 2.12. The van der Waals surface area contributed by atoms with E-state index in [9.17, 15) is 4.39 Å². The summed E-state index contributed by atoms with van der Waals surface area (Å²) in [6.45, 7) is 8.31. The number of hydrogen-bond donors (Lipinski definition) is 3. The number of benzene rings is 1. The van der Waals surface area contributed by atoms with Crippen molar-refractivity contribution >= 4 is 23.6 Å². The number of rotatable bonds is 4. The minimum absolute atomic E-state index is 0.272. The van der Waals surface area contributed by atoms with Gasteiger partial charge in [0.15, 0.2) is 0 Å². The van der Waals surface area contributed by atoms with Gasteiger partial charge in [0, 0.05) is 28.9 Å². The molecule has 0 spiro atoms. The van der Waals surface area contributed by atoms with E-state index in [1.165, 1.54) is 23.3 Å². The van der Waals surface area contributed by atoms with Crippen LogP contribution in [0, 0.1) is 5.82 Å². The molecule has 3 aromatic heterocycles. The molecule has 0 aliphatic carbocycles. The molecule has 4 heterocycles. The van der Waals surface area contributed by atoms with Gasteiger partial charge < -0.3 is 10.3 Å². The largest absolute Gasteiger partial charge is 0.352 e. The van der Waals surface area contributed by atoms with Gasteiger partial charge in [0.25, 0.3) is 0 Å². The van der Waals surface area contributed by atoms with Gasteiger partial charge in [0.05, 0.1) is 22.8 Å². The van der Waals surface area contributed by atoms with Crippen molar-refractivity contribution in [3.8, 4) is 22.5 Å². The molecule has 0 atom stereocenters. The Morgan fingerprint density at radius 3 is 2.94 bits per heavy atom. The van der Waals surface area contributed by atoms with Crippen molar-refractivity contribution in [1.82, 2.24) is 25.5 Å². The molecule has 0 fully saturated rings. The lowest BCUT2D eigenvalue weighted by atomic mass is 10.0. The van der Waals surface area contributed by atoms with Gasteiger partial charge in [-0.15, -0.1) is 0 Å². The average Bonchev–Trinajstić information content (AvgIpc) is 3.41. The number of nitrogens with zero attached hydrogens (tertiary/aromatic N) is 2. The summed E-state index contributed by atoms with van der Waals surface area (Å²) in [5.41, 5.74) is 6.73. The molecular formula is C26H24FN5. The molecule has 5 rings (SSSR count). The van der Waals surface area contributed by atoms with Crippen LogP contribution in [0.2, 0.25) is 0 Å². The first-order valence-corrected chi connectivity index (χ1v) is 10.7. The zero-order chi connectivity index (χ0) is 22.1. The second-order valence-electron chi connectivity index (χ2n) is 8.01. The molecule has 0 bridgehead atoms. The fourth-order valence-electron chi connectivity index (χ4n) is 4.10. The van der Waals surface area contributed by atoms with Gasteiger partial charge in [-0.1, -0.05) is 30.9 Å². The van der Waals surface area contributed by atoms with E-state index in [1.807, 2.05) is 18.2 Å². The summed E-state index contributed by atoms with van der Waals surface area (Å²) >= 11 is 0. The Hall–Kier alpha value is -3.77. The average molecular weight is 426 g/mol. The number of halogens is 1. The monoisotopic (exact) mass is 425 g/mol. The van der Waals surface area contributed by atoms with Gasteiger partial charge in [0.2, 0.25) is 0 Å². The molecule has 6 heteroatoms. The standard InChI is InChI=1S/C26H24FN5/c1-16(18-8-10-28-11-9-18)6-7-23-17(2)26(32-31-23)24-13-21-22(14-29-15-25(21)30-24)19-4-3-5-20(27)12-19/h3-8,12-15,28,30-31H,2,9-11H2,1H3/b16-6+,23-7+. The zero-order valence-electron chi connectivity index (χ0n) is 17.9. The number of hydrogen-bond acceptors (Lipinski definition) is 3. The van der Waals surface area contributed by atoms with Crippen molar-refractivity contribution in [2.24, 2.45) is 0 Å². The van der Waals surface area contributed by atoms with Crippen LogP contribution in [0.5, 0.6) is 0 Å². The summed E-state index contributed by atoms with van der Waals surface area (Å²) in [4.78, 5) is 7.71. The Morgan fingerprint density at radius 2 is 2.12 bits per heavy atom. The Bertz CT molecular complexity index is 1470. The predicted octanol–water partition coefficient (Wildman–Crippen LogP) is 3.82. The molecule has 0 saturated carbocycles. The Morgan fingerprint density at radius 1 is 1.22 bits per heavy atom. The minimum atomic E-state index is -0.272. The highest BCUT2D eigenvalue weighted by atomic mass is 19.1. The first-order chi connectivity index (χ1) is 15.6. The predicted molar refractivity (Wildman–Crippen MR) is 128 cm³/mol. The van der Waals surface area contributed by atoms with Crippen molar-refractivity contribution in [1.29, 1.82) is 0 Å². The van der Waals surface area contributed by atoms with E-state index in [0.717, 1.165) is 63.5 Å². The first kappa shape index (κ1) is 20.2. The van der Waals surface area contributed by atoms with Gasteiger partial charge >= 0.3 is 0 Å². The molecule has 160 valence electrons. The number of aromatic nitrogens is 4. The number of nitrogens with one attached hydrogen (secondary N) is 3. The summed E-state index contributed by atoms with van der Waals surface area (Å²) in [5, 5.41) is 13.6. The summed E-state index contributed by atoms with van der Waals surface area (Å²) in [7, 11) is 0. The third-order valence-corrected chi connectivity index (χ3v) is 5.91. The van der Waals surface area contributed by atoms with Crippen LogP contribution in [0.15, 0.2) is 66.0 Å². The van der Waals surface area contributed by atoms with Crippen LogP contribution in [0.3, 0.4) is 0 Å². The number of H-pyrrole nitrogens is 2. The molecule has 1 aliphatic heterocycles. The van der Waals surface area contributed by atoms with Gasteiger partial charge in [-0.25, -0.2) is 4.39 Å².